The maximum Gasteiger partial charge on any atom is 0.425 e. The molecule has 1 aliphatic heterocycles. The minimum Gasteiger partial charge on any atom is -0.328 e. The quantitative estimate of drug-likeness (QED) is 0.560. The second kappa shape index (κ2) is 7.38. The number of alkyl halides is 3. The molecule has 4 rings (SSSR count). The van der Waals surface area contributed by atoms with Crippen molar-refractivity contribution >= 4 is 17.7 Å². The highest BCUT2D eigenvalue weighted by molar-refractivity contribution is 6.07. The lowest BCUT2D eigenvalue weighted by Crippen LogP contribution is -2.56. The normalized spacial score (nSPS) is 17.8. The molecular formula is C19H15F3N6O3. The van der Waals surface area contributed by atoms with Crippen LogP contribution in [0.5, 0.6) is 0 Å². The van der Waals surface area contributed by atoms with Crippen LogP contribution in [0.2, 0.25) is 0 Å². The standard InChI is InChI=1S/C19H15F3N6O3/c20-19(21,22)18(27-16-23-8-4-9-24-16)12-13(25-15(18)30)28(17(31)26-14(12)29)10-7-11-5-2-1-3-6-11/h1-6,8-9H,7,10H2,(H,25,30)(H,23,24,27)(H,26,29,31)/t18-/m1/s1. The maximum atomic E-state index is 14.3. The van der Waals surface area contributed by atoms with Crippen LogP contribution in [0.25, 0.3) is 0 Å². The number of nitrogens with one attached hydrogen (secondary N) is 3. The number of amides is 1. The van der Waals surface area contributed by atoms with Crippen molar-refractivity contribution < 1.29 is 18.0 Å². The Morgan fingerprint density at radius 1 is 1.03 bits per heavy atom. The number of carbonyl (C=O) groups is 1. The zero-order chi connectivity index (χ0) is 22.2. The summed E-state index contributed by atoms with van der Waals surface area (Å²) in [5.41, 5.74) is -5.90. The van der Waals surface area contributed by atoms with E-state index in [9.17, 15) is 27.6 Å². The Balaban J connectivity index is 1.86. The summed E-state index contributed by atoms with van der Waals surface area (Å²) in [6.07, 6.45) is -2.62. The van der Waals surface area contributed by atoms with Crippen molar-refractivity contribution in [2.75, 3.05) is 10.6 Å². The van der Waals surface area contributed by atoms with Gasteiger partial charge in [-0.3, -0.25) is 19.1 Å². The van der Waals surface area contributed by atoms with Crippen LogP contribution >= 0.6 is 0 Å². The van der Waals surface area contributed by atoms with E-state index in [0.717, 1.165) is 10.1 Å². The molecule has 2 aromatic heterocycles. The Morgan fingerprint density at radius 2 is 1.71 bits per heavy atom. The molecule has 0 spiro atoms. The van der Waals surface area contributed by atoms with Crippen LogP contribution in [0.15, 0.2) is 58.4 Å². The molecule has 0 bridgehead atoms. The third-order valence-electron chi connectivity index (χ3n) is 4.90. The van der Waals surface area contributed by atoms with Gasteiger partial charge in [-0.2, -0.15) is 13.2 Å². The summed E-state index contributed by atoms with van der Waals surface area (Å²) in [4.78, 5) is 46.8. The van der Waals surface area contributed by atoms with E-state index in [1.54, 1.807) is 30.3 Å². The monoisotopic (exact) mass is 432 g/mol. The fourth-order valence-electron chi connectivity index (χ4n) is 3.45. The number of hydrogen-bond donors (Lipinski definition) is 3. The smallest absolute Gasteiger partial charge is 0.328 e. The van der Waals surface area contributed by atoms with E-state index >= 15 is 0 Å². The molecule has 1 amide bonds. The lowest BCUT2D eigenvalue weighted by molar-refractivity contribution is -0.184. The van der Waals surface area contributed by atoms with Gasteiger partial charge in [0.2, 0.25) is 5.95 Å². The number of aryl methyl sites for hydroxylation is 1. The SMILES string of the molecule is O=C1Nc2c(c(=O)[nH]c(=O)n2CCc2ccccc2)[C@]1(Nc1ncccn1)C(F)(F)F. The van der Waals surface area contributed by atoms with Crippen LogP contribution in [0.1, 0.15) is 11.1 Å². The molecule has 1 aromatic carbocycles. The number of H-pyrrole nitrogens is 1. The average molecular weight is 432 g/mol. The van der Waals surface area contributed by atoms with Crippen LogP contribution in [-0.2, 0) is 23.3 Å². The van der Waals surface area contributed by atoms with Crippen molar-refractivity contribution in [3.05, 3.63) is 80.8 Å². The molecule has 0 saturated carbocycles. The number of hydrogen-bond acceptors (Lipinski definition) is 6. The lowest BCUT2D eigenvalue weighted by atomic mass is 9.92. The van der Waals surface area contributed by atoms with Crippen LogP contribution < -0.4 is 21.9 Å². The summed E-state index contributed by atoms with van der Waals surface area (Å²) in [6, 6.07) is 10.3. The molecule has 0 unspecified atom stereocenters. The van der Waals surface area contributed by atoms with Crippen LogP contribution in [-0.4, -0.2) is 31.6 Å². The highest BCUT2D eigenvalue weighted by atomic mass is 19.4. The molecule has 0 radical (unpaired) electrons. The molecular weight excluding hydrogens is 417 g/mol. The van der Waals surface area contributed by atoms with E-state index in [4.69, 9.17) is 0 Å². The van der Waals surface area contributed by atoms with Crippen molar-refractivity contribution in [3.8, 4) is 0 Å². The van der Waals surface area contributed by atoms with Crippen LogP contribution in [0.4, 0.5) is 24.9 Å². The van der Waals surface area contributed by atoms with Gasteiger partial charge in [0.1, 0.15) is 11.4 Å². The molecule has 1 aliphatic rings. The molecule has 1 atom stereocenters. The molecule has 0 aliphatic carbocycles. The molecule has 12 heteroatoms. The molecule has 9 nitrogen and oxygen atoms in total. The van der Waals surface area contributed by atoms with Crippen molar-refractivity contribution in [1.82, 2.24) is 19.5 Å². The van der Waals surface area contributed by atoms with Gasteiger partial charge in [0.25, 0.3) is 17.0 Å². The first-order valence-corrected chi connectivity index (χ1v) is 9.09. The van der Waals surface area contributed by atoms with Crippen molar-refractivity contribution in [3.63, 3.8) is 0 Å². The first-order chi connectivity index (χ1) is 14.7. The average Bonchev–Trinajstić information content (AvgIpc) is 3.03. The van der Waals surface area contributed by atoms with Gasteiger partial charge in [-0.1, -0.05) is 30.3 Å². The number of benzene rings is 1. The van der Waals surface area contributed by atoms with Gasteiger partial charge >= 0.3 is 11.9 Å². The number of aromatic amines is 1. The fourth-order valence-corrected chi connectivity index (χ4v) is 3.45. The summed E-state index contributed by atoms with van der Waals surface area (Å²) < 4.78 is 43.7. The van der Waals surface area contributed by atoms with Gasteiger partial charge in [0.05, 0.1) is 0 Å². The van der Waals surface area contributed by atoms with E-state index in [1.807, 2.05) is 10.3 Å². The number of anilines is 2. The predicted octanol–water partition coefficient (Wildman–Crippen LogP) is 1.39. The zero-order valence-electron chi connectivity index (χ0n) is 15.7. The molecule has 3 aromatic rings. The van der Waals surface area contributed by atoms with Gasteiger partial charge in [-0.15, -0.1) is 0 Å². The Kier molecular flexibility index (Phi) is 4.84. The fraction of sp³-hybridized carbons (Fsp3) is 0.211. The molecule has 0 fully saturated rings. The van der Waals surface area contributed by atoms with E-state index in [-0.39, 0.29) is 13.0 Å². The lowest BCUT2D eigenvalue weighted by Gasteiger charge is -2.29. The summed E-state index contributed by atoms with van der Waals surface area (Å²) in [6.45, 7) is -0.0714. The summed E-state index contributed by atoms with van der Waals surface area (Å²) in [5, 5.41) is 4.03. The number of rotatable bonds is 5. The maximum absolute atomic E-state index is 14.3. The second-order valence-corrected chi connectivity index (χ2v) is 6.77. The van der Waals surface area contributed by atoms with Crippen LogP contribution in [0.3, 0.4) is 0 Å². The number of halogens is 3. The van der Waals surface area contributed by atoms with Crippen LogP contribution in [0, 0.1) is 0 Å². The zero-order valence-corrected chi connectivity index (χ0v) is 15.7. The summed E-state index contributed by atoms with van der Waals surface area (Å²) in [7, 11) is 0. The third kappa shape index (κ3) is 3.35. The molecule has 3 heterocycles. The van der Waals surface area contributed by atoms with Gasteiger partial charge in [-0.05, 0) is 18.1 Å². The van der Waals surface area contributed by atoms with E-state index in [1.165, 1.54) is 18.5 Å². The number of nitrogens with zero attached hydrogens (tertiary/aromatic N) is 3. The topological polar surface area (TPSA) is 122 Å². The summed E-state index contributed by atoms with van der Waals surface area (Å²) in [5.74, 6) is -2.59. The Morgan fingerprint density at radius 3 is 2.35 bits per heavy atom. The largest absolute Gasteiger partial charge is 0.425 e. The van der Waals surface area contributed by atoms with Gasteiger partial charge < -0.3 is 10.6 Å². The first-order valence-electron chi connectivity index (χ1n) is 9.09. The van der Waals surface area contributed by atoms with E-state index < -0.39 is 46.2 Å². The van der Waals surface area contributed by atoms with Crippen molar-refractivity contribution in [2.24, 2.45) is 0 Å². The predicted molar refractivity (Wildman–Crippen MR) is 103 cm³/mol. The second-order valence-electron chi connectivity index (χ2n) is 6.77. The minimum absolute atomic E-state index is 0.0714. The molecule has 160 valence electrons. The Labute approximate surface area is 172 Å². The molecule has 31 heavy (non-hydrogen) atoms. The summed E-state index contributed by atoms with van der Waals surface area (Å²) >= 11 is 0. The minimum atomic E-state index is -5.25. The van der Waals surface area contributed by atoms with Gasteiger partial charge in [0, 0.05) is 18.9 Å². The number of aromatic nitrogens is 4. The first kappa shape index (κ1) is 20.3. The van der Waals surface area contributed by atoms with Gasteiger partial charge in [0.15, 0.2) is 0 Å². The Bertz CT molecular complexity index is 1240. The number of carbonyl (C=O) groups excluding carboxylic acids is 1. The van der Waals surface area contributed by atoms with Crippen molar-refractivity contribution in [1.29, 1.82) is 0 Å². The third-order valence-corrected chi connectivity index (χ3v) is 4.90. The highest BCUT2D eigenvalue weighted by Crippen LogP contribution is 2.46. The Hall–Kier alpha value is -3.96. The highest BCUT2D eigenvalue weighted by Gasteiger charge is 2.68. The van der Waals surface area contributed by atoms with Crippen molar-refractivity contribution in [2.45, 2.75) is 24.7 Å². The van der Waals surface area contributed by atoms with Gasteiger partial charge in [-0.25, -0.2) is 14.8 Å². The molecule has 3 N–H and O–H groups in total. The van der Waals surface area contributed by atoms with E-state index in [0.29, 0.717) is 0 Å². The number of fused-ring (bicyclic) bond motifs is 1. The van der Waals surface area contributed by atoms with E-state index in [2.05, 4.69) is 15.3 Å². The molecule has 0 saturated heterocycles.